The van der Waals surface area contributed by atoms with Crippen molar-refractivity contribution in [2.24, 2.45) is 5.73 Å². The minimum atomic E-state index is -1.09. The van der Waals surface area contributed by atoms with Gasteiger partial charge in [-0.15, -0.1) is 0 Å². The Morgan fingerprint density at radius 3 is 2.44 bits per heavy atom. The lowest BCUT2D eigenvalue weighted by molar-refractivity contribution is -0.147. The fourth-order valence-corrected chi connectivity index (χ4v) is 3.61. The number of fused-ring (bicyclic) bond motifs is 1. The molecule has 2 aliphatic rings. The topological polar surface area (TPSA) is 113 Å². The fraction of sp³-hybridized carbons (Fsp3) is 0.526. The minimum absolute atomic E-state index is 0.102. The van der Waals surface area contributed by atoms with Gasteiger partial charge in [0.05, 0.1) is 6.54 Å². The molecule has 1 saturated heterocycles. The third-order valence-electron chi connectivity index (χ3n) is 5.15. The van der Waals surface area contributed by atoms with Crippen LogP contribution in [0.25, 0.3) is 0 Å². The monoisotopic (exact) mass is 375 g/mol. The first-order valence-corrected chi connectivity index (χ1v) is 8.93. The standard InChI is InChI=1S/C19H25N3O5/c1-11(23)22-10-15(7-16(22)17(24)25)27-18(26)21-8-12-4-5-14(19(2,3)20)6-13(12)9-21/h4-6,15-16H,7-10,20H2,1-3H3,(H,24,25)/t15-,16+/m1/s1. The van der Waals surface area contributed by atoms with Crippen LogP contribution in [-0.4, -0.2) is 51.6 Å². The van der Waals surface area contributed by atoms with Crippen molar-refractivity contribution in [1.29, 1.82) is 0 Å². The average molecular weight is 375 g/mol. The predicted molar refractivity (Wildman–Crippen MR) is 96.6 cm³/mol. The van der Waals surface area contributed by atoms with E-state index < -0.39 is 29.7 Å². The maximum atomic E-state index is 12.5. The summed E-state index contributed by atoms with van der Waals surface area (Å²) in [5.41, 5.74) is 8.75. The molecule has 2 aliphatic heterocycles. The van der Waals surface area contributed by atoms with Gasteiger partial charge in [0.25, 0.3) is 0 Å². The minimum Gasteiger partial charge on any atom is -0.480 e. The molecule has 0 radical (unpaired) electrons. The Labute approximate surface area is 157 Å². The predicted octanol–water partition coefficient (Wildman–Crippen LogP) is 1.41. The number of hydrogen-bond acceptors (Lipinski definition) is 5. The summed E-state index contributed by atoms with van der Waals surface area (Å²) >= 11 is 0. The van der Waals surface area contributed by atoms with Gasteiger partial charge in [0.15, 0.2) is 0 Å². The van der Waals surface area contributed by atoms with Crippen molar-refractivity contribution in [3.05, 3.63) is 34.9 Å². The number of carboxylic acid groups (broad SMARTS) is 1. The van der Waals surface area contributed by atoms with E-state index in [2.05, 4.69) is 0 Å². The molecule has 1 aromatic carbocycles. The zero-order chi connectivity index (χ0) is 19.9. The molecule has 2 atom stereocenters. The van der Waals surface area contributed by atoms with Gasteiger partial charge in [-0.25, -0.2) is 9.59 Å². The first-order chi connectivity index (χ1) is 12.6. The van der Waals surface area contributed by atoms with E-state index in [1.165, 1.54) is 11.8 Å². The number of benzene rings is 1. The Balaban J connectivity index is 1.64. The van der Waals surface area contributed by atoms with Crippen LogP contribution in [0.5, 0.6) is 0 Å². The summed E-state index contributed by atoms with van der Waals surface area (Å²) in [6.45, 7) is 6.12. The van der Waals surface area contributed by atoms with Gasteiger partial charge in [-0.1, -0.05) is 18.2 Å². The molecule has 2 amide bonds. The lowest BCUT2D eigenvalue weighted by Gasteiger charge is -2.20. The molecule has 1 fully saturated rings. The number of amides is 2. The number of carbonyl (C=O) groups is 3. The lowest BCUT2D eigenvalue weighted by Crippen LogP contribution is -2.39. The van der Waals surface area contributed by atoms with Gasteiger partial charge in [-0.3, -0.25) is 9.69 Å². The van der Waals surface area contributed by atoms with Crippen LogP contribution in [0.1, 0.15) is 43.9 Å². The Morgan fingerprint density at radius 1 is 1.22 bits per heavy atom. The van der Waals surface area contributed by atoms with Gasteiger partial charge < -0.3 is 20.5 Å². The number of rotatable bonds is 3. The Kier molecular flexibility index (Phi) is 4.86. The maximum Gasteiger partial charge on any atom is 0.410 e. The van der Waals surface area contributed by atoms with E-state index in [0.717, 1.165) is 16.7 Å². The van der Waals surface area contributed by atoms with Gasteiger partial charge >= 0.3 is 12.1 Å². The van der Waals surface area contributed by atoms with E-state index in [9.17, 15) is 19.5 Å². The van der Waals surface area contributed by atoms with Crippen LogP contribution in [0.4, 0.5) is 4.79 Å². The van der Waals surface area contributed by atoms with Crippen molar-refractivity contribution >= 4 is 18.0 Å². The molecular formula is C19H25N3O5. The number of nitrogens with zero attached hydrogens (tertiary/aromatic N) is 2. The first-order valence-electron chi connectivity index (χ1n) is 8.93. The summed E-state index contributed by atoms with van der Waals surface area (Å²) < 4.78 is 5.49. The summed E-state index contributed by atoms with van der Waals surface area (Å²) in [4.78, 5) is 38.3. The molecular weight excluding hydrogens is 350 g/mol. The zero-order valence-corrected chi connectivity index (χ0v) is 15.8. The molecule has 0 unspecified atom stereocenters. The molecule has 1 aromatic rings. The Bertz CT molecular complexity index is 764. The molecule has 0 bridgehead atoms. The number of carbonyl (C=O) groups excluding carboxylic acids is 2. The molecule has 8 heteroatoms. The molecule has 8 nitrogen and oxygen atoms in total. The molecule has 3 rings (SSSR count). The number of carboxylic acids is 1. The van der Waals surface area contributed by atoms with Crippen LogP contribution >= 0.6 is 0 Å². The van der Waals surface area contributed by atoms with Crippen molar-refractivity contribution in [1.82, 2.24) is 9.80 Å². The molecule has 27 heavy (non-hydrogen) atoms. The zero-order valence-electron chi connectivity index (χ0n) is 15.8. The van der Waals surface area contributed by atoms with E-state index in [1.54, 1.807) is 4.90 Å². The summed E-state index contributed by atoms with van der Waals surface area (Å²) in [7, 11) is 0. The van der Waals surface area contributed by atoms with E-state index in [1.807, 2.05) is 32.0 Å². The molecule has 2 heterocycles. The molecule has 0 aliphatic carbocycles. The third-order valence-corrected chi connectivity index (χ3v) is 5.15. The second-order valence-electron chi connectivity index (χ2n) is 7.83. The SMILES string of the molecule is CC(=O)N1C[C@H](OC(=O)N2Cc3ccc(C(C)(C)N)cc3C2)C[C@H]1C(=O)O. The summed E-state index contributed by atoms with van der Waals surface area (Å²) in [5.74, 6) is -1.43. The van der Waals surface area contributed by atoms with Crippen LogP contribution in [-0.2, 0) is 33.0 Å². The van der Waals surface area contributed by atoms with Crippen LogP contribution in [0.2, 0.25) is 0 Å². The molecule has 0 aromatic heterocycles. The van der Waals surface area contributed by atoms with E-state index in [4.69, 9.17) is 10.5 Å². The Morgan fingerprint density at radius 2 is 1.89 bits per heavy atom. The second kappa shape index (κ2) is 6.84. The first kappa shape index (κ1) is 19.2. The number of hydrogen-bond donors (Lipinski definition) is 2. The van der Waals surface area contributed by atoms with Crippen molar-refractivity contribution < 1.29 is 24.2 Å². The largest absolute Gasteiger partial charge is 0.480 e. The van der Waals surface area contributed by atoms with Gasteiger partial charge in [0.2, 0.25) is 5.91 Å². The number of likely N-dealkylation sites (tertiary alicyclic amines) is 1. The summed E-state index contributed by atoms with van der Waals surface area (Å²) in [6.07, 6.45) is -1.02. The van der Waals surface area contributed by atoms with E-state index in [-0.39, 0.29) is 18.9 Å². The third kappa shape index (κ3) is 3.90. The highest BCUT2D eigenvalue weighted by atomic mass is 16.6. The quantitative estimate of drug-likeness (QED) is 0.826. The maximum absolute atomic E-state index is 12.5. The highest BCUT2D eigenvalue weighted by Gasteiger charge is 2.41. The number of ether oxygens (including phenoxy) is 1. The molecule has 0 spiro atoms. The van der Waals surface area contributed by atoms with Crippen LogP contribution in [0.15, 0.2) is 18.2 Å². The highest BCUT2D eigenvalue weighted by molar-refractivity contribution is 5.83. The van der Waals surface area contributed by atoms with Crippen molar-refractivity contribution in [3.63, 3.8) is 0 Å². The van der Waals surface area contributed by atoms with Crippen LogP contribution in [0, 0.1) is 0 Å². The van der Waals surface area contributed by atoms with E-state index >= 15 is 0 Å². The second-order valence-corrected chi connectivity index (χ2v) is 7.83. The van der Waals surface area contributed by atoms with Crippen LogP contribution in [0.3, 0.4) is 0 Å². The van der Waals surface area contributed by atoms with Crippen molar-refractivity contribution in [3.8, 4) is 0 Å². The van der Waals surface area contributed by atoms with Gasteiger partial charge in [0.1, 0.15) is 12.1 Å². The molecule has 146 valence electrons. The van der Waals surface area contributed by atoms with Crippen molar-refractivity contribution in [2.75, 3.05) is 6.54 Å². The summed E-state index contributed by atoms with van der Waals surface area (Å²) in [5, 5.41) is 9.25. The summed E-state index contributed by atoms with van der Waals surface area (Å²) in [6, 6.07) is 4.99. The molecule has 0 saturated carbocycles. The number of aliphatic carboxylic acids is 1. The highest BCUT2D eigenvalue weighted by Crippen LogP contribution is 2.29. The van der Waals surface area contributed by atoms with Gasteiger partial charge in [-0.05, 0) is 30.5 Å². The van der Waals surface area contributed by atoms with Crippen molar-refractivity contribution in [2.45, 2.75) is 58.0 Å². The van der Waals surface area contributed by atoms with E-state index in [0.29, 0.717) is 13.1 Å². The normalized spacial score (nSPS) is 21.9. The average Bonchev–Trinajstić information content (AvgIpc) is 3.17. The lowest BCUT2D eigenvalue weighted by atomic mass is 9.93. The van der Waals surface area contributed by atoms with Gasteiger partial charge in [0, 0.05) is 32.0 Å². The number of nitrogens with two attached hydrogens (primary N) is 1. The Hall–Kier alpha value is -2.61. The fourth-order valence-electron chi connectivity index (χ4n) is 3.61. The molecule has 3 N–H and O–H groups in total. The van der Waals surface area contributed by atoms with Gasteiger partial charge in [-0.2, -0.15) is 0 Å². The van der Waals surface area contributed by atoms with Crippen LogP contribution < -0.4 is 5.73 Å². The smallest absolute Gasteiger partial charge is 0.410 e.